The number of nitrogens with one attached hydrogen (secondary N) is 1. The summed E-state index contributed by atoms with van der Waals surface area (Å²) in [5.74, 6) is 0.770. The first-order valence-corrected chi connectivity index (χ1v) is 5.92. The van der Waals surface area contributed by atoms with Crippen molar-refractivity contribution in [3.05, 3.63) is 29.8 Å². The Bertz CT molecular complexity index is 517. The zero-order valence-electron chi connectivity index (χ0n) is 10.5. The highest BCUT2D eigenvalue weighted by Gasteiger charge is 2.08. The van der Waals surface area contributed by atoms with Crippen molar-refractivity contribution < 1.29 is 4.39 Å². The average Bonchev–Trinajstić information content (AvgIpc) is 2.56. The van der Waals surface area contributed by atoms with E-state index in [1.807, 2.05) is 11.6 Å². The van der Waals surface area contributed by atoms with E-state index in [1.165, 1.54) is 12.1 Å². The summed E-state index contributed by atoms with van der Waals surface area (Å²) in [5.41, 5.74) is 1.71. The van der Waals surface area contributed by atoms with Gasteiger partial charge in [-0.15, -0.1) is 0 Å². The van der Waals surface area contributed by atoms with E-state index in [-0.39, 0.29) is 5.82 Å². The summed E-state index contributed by atoms with van der Waals surface area (Å²) in [6, 6.07) is 5.18. The fourth-order valence-corrected chi connectivity index (χ4v) is 1.91. The molecular formula is C13H18FN3. The molecule has 0 aliphatic rings. The molecule has 0 spiro atoms. The highest BCUT2D eigenvalue weighted by atomic mass is 19.1. The van der Waals surface area contributed by atoms with Gasteiger partial charge in [0.05, 0.1) is 11.0 Å². The van der Waals surface area contributed by atoms with Crippen LogP contribution >= 0.6 is 0 Å². The molecule has 92 valence electrons. The molecule has 1 N–H and O–H groups in total. The van der Waals surface area contributed by atoms with E-state index in [9.17, 15) is 4.39 Å². The van der Waals surface area contributed by atoms with E-state index in [0.717, 1.165) is 29.8 Å². The molecule has 4 heteroatoms. The second-order valence-electron chi connectivity index (χ2n) is 4.58. The van der Waals surface area contributed by atoms with Gasteiger partial charge in [-0.05, 0) is 18.2 Å². The second kappa shape index (κ2) is 4.84. The summed E-state index contributed by atoms with van der Waals surface area (Å²) in [5, 5.41) is 3.35. The van der Waals surface area contributed by atoms with Gasteiger partial charge < -0.3 is 9.88 Å². The van der Waals surface area contributed by atoms with Crippen LogP contribution in [0.2, 0.25) is 0 Å². The zero-order chi connectivity index (χ0) is 12.4. The first kappa shape index (κ1) is 12.0. The number of halogens is 1. The van der Waals surface area contributed by atoms with Crippen LogP contribution in [-0.2, 0) is 13.5 Å². The molecule has 0 aliphatic heterocycles. The topological polar surface area (TPSA) is 29.9 Å². The number of benzene rings is 1. The summed E-state index contributed by atoms with van der Waals surface area (Å²) >= 11 is 0. The number of fused-ring (bicyclic) bond motifs is 1. The minimum absolute atomic E-state index is 0.215. The van der Waals surface area contributed by atoms with Crippen LogP contribution in [0.1, 0.15) is 19.7 Å². The number of rotatable bonds is 4. The van der Waals surface area contributed by atoms with E-state index in [0.29, 0.717) is 6.04 Å². The number of hydrogen-bond donors (Lipinski definition) is 1. The SMILES string of the molecule is CC(C)NCCc1nc2ccc(F)cc2n1C. The van der Waals surface area contributed by atoms with Gasteiger partial charge >= 0.3 is 0 Å². The molecule has 0 saturated heterocycles. The highest BCUT2D eigenvalue weighted by Crippen LogP contribution is 2.16. The van der Waals surface area contributed by atoms with Crippen molar-refractivity contribution >= 4 is 11.0 Å². The first-order valence-electron chi connectivity index (χ1n) is 5.92. The Labute approximate surface area is 101 Å². The normalized spacial score (nSPS) is 11.6. The number of aromatic nitrogens is 2. The van der Waals surface area contributed by atoms with Crippen molar-refractivity contribution in [3.63, 3.8) is 0 Å². The molecule has 0 amide bonds. The molecule has 0 saturated carbocycles. The predicted molar refractivity (Wildman–Crippen MR) is 67.5 cm³/mol. The summed E-state index contributed by atoms with van der Waals surface area (Å²) in [6.07, 6.45) is 0.852. The summed E-state index contributed by atoms with van der Waals surface area (Å²) in [7, 11) is 1.93. The Kier molecular flexibility index (Phi) is 3.43. The lowest BCUT2D eigenvalue weighted by molar-refractivity contribution is 0.578. The number of imidazole rings is 1. The monoisotopic (exact) mass is 235 g/mol. The maximum absolute atomic E-state index is 13.1. The maximum atomic E-state index is 13.1. The Morgan fingerprint density at radius 3 is 2.88 bits per heavy atom. The van der Waals surface area contributed by atoms with Gasteiger partial charge in [0.25, 0.3) is 0 Å². The van der Waals surface area contributed by atoms with Crippen LogP contribution in [0, 0.1) is 5.82 Å². The Hall–Kier alpha value is -1.42. The summed E-state index contributed by atoms with van der Waals surface area (Å²) in [4.78, 5) is 4.51. The van der Waals surface area contributed by atoms with Gasteiger partial charge in [-0.25, -0.2) is 9.37 Å². The lowest BCUT2D eigenvalue weighted by Crippen LogP contribution is -2.25. The molecule has 1 aromatic heterocycles. The summed E-state index contributed by atoms with van der Waals surface area (Å²) < 4.78 is 15.1. The van der Waals surface area contributed by atoms with Gasteiger partial charge in [-0.3, -0.25) is 0 Å². The van der Waals surface area contributed by atoms with Gasteiger partial charge in [0.1, 0.15) is 11.6 Å². The van der Waals surface area contributed by atoms with Crippen LogP contribution in [0.4, 0.5) is 4.39 Å². The van der Waals surface area contributed by atoms with Crippen LogP contribution in [0.3, 0.4) is 0 Å². The third-order valence-corrected chi connectivity index (χ3v) is 2.84. The molecule has 0 aliphatic carbocycles. The molecule has 0 bridgehead atoms. The minimum Gasteiger partial charge on any atom is -0.331 e. The third kappa shape index (κ3) is 2.64. The second-order valence-corrected chi connectivity index (χ2v) is 4.58. The van der Waals surface area contributed by atoms with Gasteiger partial charge in [0.15, 0.2) is 0 Å². The average molecular weight is 235 g/mol. The van der Waals surface area contributed by atoms with Crippen LogP contribution in [0.15, 0.2) is 18.2 Å². The largest absolute Gasteiger partial charge is 0.331 e. The smallest absolute Gasteiger partial charge is 0.125 e. The molecule has 17 heavy (non-hydrogen) atoms. The Balaban J connectivity index is 2.20. The Morgan fingerprint density at radius 1 is 1.41 bits per heavy atom. The van der Waals surface area contributed by atoms with Crippen LogP contribution < -0.4 is 5.32 Å². The fraction of sp³-hybridized carbons (Fsp3) is 0.462. The predicted octanol–water partition coefficient (Wildman–Crippen LogP) is 2.25. The van der Waals surface area contributed by atoms with Gasteiger partial charge in [0.2, 0.25) is 0 Å². The van der Waals surface area contributed by atoms with Crippen molar-refractivity contribution in [2.24, 2.45) is 7.05 Å². The van der Waals surface area contributed by atoms with Crippen molar-refractivity contribution in [2.45, 2.75) is 26.3 Å². The molecule has 1 heterocycles. The van der Waals surface area contributed by atoms with Gasteiger partial charge in [-0.2, -0.15) is 0 Å². The molecule has 2 rings (SSSR count). The van der Waals surface area contributed by atoms with Gasteiger partial charge in [0, 0.05) is 26.1 Å². The molecule has 3 nitrogen and oxygen atoms in total. The molecule has 0 fully saturated rings. The fourth-order valence-electron chi connectivity index (χ4n) is 1.91. The van der Waals surface area contributed by atoms with Crippen LogP contribution in [0.5, 0.6) is 0 Å². The molecule has 0 unspecified atom stereocenters. The maximum Gasteiger partial charge on any atom is 0.125 e. The number of nitrogens with zero attached hydrogens (tertiary/aromatic N) is 2. The van der Waals surface area contributed by atoms with Crippen molar-refractivity contribution in [1.29, 1.82) is 0 Å². The minimum atomic E-state index is -0.215. The molecular weight excluding hydrogens is 217 g/mol. The molecule has 0 atom stereocenters. The van der Waals surface area contributed by atoms with Crippen molar-refractivity contribution in [1.82, 2.24) is 14.9 Å². The number of aryl methyl sites for hydroxylation is 1. The zero-order valence-corrected chi connectivity index (χ0v) is 10.5. The lowest BCUT2D eigenvalue weighted by atomic mass is 10.3. The van der Waals surface area contributed by atoms with E-state index in [1.54, 1.807) is 6.07 Å². The standard InChI is InChI=1S/C13H18FN3/c1-9(2)15-7-6-13-16-11-5-4-10(14)8-12(11)17(13)3/h4-5,8-9,15H,6-7H2,1-3H3. The van der Waals surface area contributed by atoms with E-state index in [4.69, 9.17) is 0 Å². The Morgan fingerprint density at radius 2 is 2.18 bits per heavy atom. The van der Waals surface area contributed by atoms with Gasteiger partial charge in [-0.1, -0.05) is 13.8 Å². The quantitative estimate of drug-likeness (QED) is 0.881. The highest BCUT2D eigenvalue weighted by molar-refractivity contribution is 5.75. The molecule has 2 aromatic rings. The van der Waals surface area contributed by atoms with E-state index >= 15 is 0 Å². The van der Waals surface area contributed by atoms with E-state index < -0.39 is 0 Å². The summed E-state index contributed by atoms with van der Waals surface area (Å²) in [6.45, 7) is 5.12. The van der Waals surface area contributed by atoms with E-state index in [2.05, 4.69) is 24.1 Å². The van der Waals surface area contributed by atoms with Crippen molar-refractivity contribution in [3.8, 4) is 0 Å². The first-order chi connectivity index (χ1) is 8.08. The number of hydrogen-bond acceptors (Lipinski definition) is 2. The lowest BCUT2D eigenvalue weighted by Gasteiger charge is -2.07. The van der Waals surface area contributed by atoms with Crippen molar-refractivity contribution in [2.75, 3.05) is 6.54 Å². The van der Waals surface area contributed by atoms with Crippen LogP contribution in [-0.4, -0.2) is 22.1 Å². The molecule has 0 radical (unpaired) electrons. The van der Waals surface area contributed by atoms with Crippen LogP contribution in [0.25, 0.3) is 11.0 Å². The molecule has 1 aromatic carbocycles. The third-order valence-electron chi connectivity index (χ3n) is 2.84.